The number of hydrogen-bond acceptors (Lipinski definition) is 4. The van der Waals surface area contributed by atoms with E-state index in [4.69, 9.17) is 10.5 Å². The summed E-state index contributed by atoms with van der Waals surface area (Å²) in [4.78, 5) is 18.5. The molecule has 0 spiro atoms. The molecule has 1 aliphatic rings. The molecule has 2 heterocycles. The third-order valence-corrected chi connectivity index (χ3v) is 2.29. The zero-order chi connectivity index (χ0) is 10.1. The van der Waals surface area contributed by atoms with Crippen molar-refractivity contribution in [3.8, 4) is 0 Å². The third kappa shape index (κ3) is 1.56. The number of H-pyrrole nitrogens is 1. The zero-order valence-electron chi connectivity index (χ0n) is 8.04. The molecule has 0 aromatic carbocycles. The average molecular weight is 195 g/mol. The van der Waals surface area contributed by atoms with Crippen LogP contribution in [0, 0.1) is 0 Å². The van der Waals surface area contributed by atoms with Crippen LogP contribution >= 0.6 is 0 Å². The predicted molar refractivity (Wildman–Crippen MR) is 50.8 cm³/mol. The zero-order valence-corrected chi connectivity index (χ0v) is 8.04. The van der Waals surface area contributed by atoms with Crippen molar-refractivity contribution in [2.24, 2.45) is 5.73 Å². The fraction of sp³-hybridized carbons (Fsp3) is 0.556. The van der Waals surface area contributed by atoms with Gasteiger partial charge in [-0.15, -0.1) is 0 Å². The largest absolute Gasteiger partial charge is 0.375 e. The van der Waals surface area contributed by atoms with Crippen molar-refractivity contribution in [3.63, 3.8) is 0 Å². The highest BCUT2D eigenvalue weighted by Gasteiger charge is 2.16. The number of nitrogens with one attached hydrogen (secondary N) is 1. The Hall–Kier alpha value is -1.20. The minimum atomic E-state index is -0.255. The maximum absolute atomic E-state index is 11.6. The SMILES string of the molecule is CC(N)c1nc2c(c(=O)[nH]1)CCOC2. The molecular formula is C9H13N3O2. The lowest BCUT2D eigenvalue weighted by atomic mass is 10.1. The number of ether oxygens (including phenoxy) is 1. The second kappa shape index (κ2) is 3.51. The summed E-state index contributed by atoms with van der Waals surface area (Å²) < 4.78 is 5.23. The molecule has 5 heteroatoms. The van der Waals surface area contributed by atoms with Gasteiger partial charge in [0.05, 0.1) is 24.9 Å². The number of hydrogen-bond donors (Lipinski definition) is 2. The van der Waals surface area contributed by atoms with E-state index in [1.54, 1.807) is 6.92 Å². The van der Waals surface area contributed by atoms with Gasteiger partial charge >= 0.3 is 0 Å². The molecular weight excluding hydrogens is 182 g/mol. The van der Waals surface area contributed by atoms with Gasteiger partial charge in [0, 0.05) is 12.0 Å². The highest BCUT2D eigenvalue weighted by Crippen LogP contribution is 2.11. The smallest absolute Gasteiger partial charge is 0.254 e. The quantitative estimate of drug-likeness (QED) is 0.653. The summed E-state index contributed by atoms with van der Waals surface area (Å²) in [6.07, 6.45) is 0.636. The lowest BCUT2D eigenvalue weighted by molar-refractivity contribution is 0.106. The molecule has 0 saturated carbocycles. The van der Waals surface area contributed by atoms with Gasteiger partial charge in [-0.2, -0.15) is 0 Å². The Morgan fingerprint density at radius 1 is 1.64 bits per heavy atom. The Balaban J connectivity index is 2.52. The van der Waals surface area contributed by atoms with Gasteiger partial charge < -0.3 is 15.5 Å². The van der Waals surface area contributed by atoms with E-state index in [1.165, 1.54) is 0 Å². The first-order valence-corrected chi connectivity index (χ1v) is 4.64. The van der Waals surface area contributed by atoms with E-state index in [1.807, 2.05) is 0 Å². The van der Waals surface area contributed by atoms with Crippen molar-refractivity contribution in [2.75, 3.05) is 6.61 Å². The Morgan fingerprint density at radius 2 is 2.43 bits per heavy atom. The Labute approximate surface area is 81.3 Å². The van der Waals surface area contributed by atoms with Gasteiger partial charge in [0.2, 0.25) is 0 Å². The molecule has 1 aliphatic heterocycles. The second-order valence-corrected chi connectivity index (χ2v) is 3.47. The standard InChI is InChI=1S/C9H13N3O2/c1-5(10)8-11-7-4-14-3-2-6(7)9(13)12-8/h5H,2-4,10H2,1H3,(H,11,12,13). The minimum Gasteiger partial charge on any atom is -0.375 e. The highest BCUT2D eigenvalue weighted by atomic mass is 16.5. The van der Waals surface area contributed by atoms with E-state index in [-0.39, 0.29) is 11.6 Å². The van der Waals surface area contributed by atoms with Gasteiger partial charge in [-0.05, 0) is 6.92 Å². The predicted octanol–water partition coefficient (Wildman–Crippen LogP) is -0.138. The summed E-state index contributed by atoms with van der Waals surface area (Å²) in [5.74, 6) is 0.527. The van der Waals surface area contributed by atoms with Crippen molar-refractivity contribution >= 4 is 0 Å². The van der Waals surface area contributed by atoms with Gasteiger partial charge in [0.25, 0.3) is 5.56 Å². The van der Waals surface area contributed by atoms with Gasteiger partial charge in [0.15, 0.2) is 0 Å². The molecule has 5 nitrogen and oxygen atoms in total. The van der Waals surface area contributed by atoms with Gasteiger partial charge in [-0.1, -0.05) is 0 Å². The first kappa shape index (κ1) is 9.36. The molecule has 1 atom stereocenters. The van der Waals surface area contributed by atoms with Crippen LogP contribution in [0.4, 0.5) is 0 Å². The normalized spacial score (nSPS) is 17.6. The van der Waals surface area contributed by atoms with Crippen LogP contribution in [-0.2, 0) is 17.8 Å². The topological polar surface area (TPSA) is 81.0 Å². The molecule has 3 N–H and O–H groups in total. The van der Waals surface area contributed by atoms with Crippen LogP contribution in [0.25, 0.3) is 0 Å². The number of fused-ring (bicyclic) bond motifs is 1. The van der Waals surface area contributed by atoms with E-state index < -0.39 is 0 Å². The molecule has 0 saturated heterocycles. The molecule has 76 valence electrons. The number of nitrogens with zero attached hydrogens (tertiary/aromatic N) is 1. The summed E-state index contributed by atoms with van der Waals surface area (Å²) in [5, 5.41) is 0. The van der Waals surface area contributed by atoms with E-state index in [0.717, 1.165) is 11.3 Å². The van der Waals surface area contributed by atoms with Crippen molar-refractivity contribution in [1.29, 1.82) is 0 Å². The number of aromatic nitrogens is 2. The minimum absolute atomic E-state index is 0.0781. The summed E-state index contributed by atoms with van der Waals surface area (Å²) >= 11 is 0. The van der Waals surface area contributed by atoms with E-state index in [9.17, 15) is 4.79 Å². The first-order chi connectivity index (χ1) is 6.68. The maximum Gasteiger partial charge on any atom is 0.254 e. The lowest BCUT2D eigenvalue weighted by Crippen LogP contribution is -2.27. The molecule has 1 unspecified atom stereocenters. The Bertz CT molecular complexity index is 398. The van der Waals surface area contributed by atoms with Gasteiger partial charge in [-0.3, -0.25) is 4.79 Å². The van der Waals surface area contributed by atoms with E-state index in [2.05, 4.69) is 9.97 Å². The molecule has 0 amide bonds. The fourth-order valence-electron chi connectivity index (χ4n) is 1.50. The molecule has 0 radical (unpaired) electrons. The fourth-order valence-corrected chi connectivity index (χ4v) is 1.50. The number of rotatable bonds is 1. The van der Waals surface area contributed by atoms with E-state index in [0.29, 0.717) is 25.5 Å². The van der Waals surface area contributed by atoms with E-state index >= 15 is 0 Å². The van der Waals surface area contributed by atoms with Crippen LogP contribution in [0.3, 0.4) is 0 Å². The lowest BCUT2D eigenvalue weighted by Gasteiger charge is -2.16. The van der Waals surface area contributed by atoms with Crippen LogP contribution in [0.1, 0.15) is 30.0 Å². The van der Waals surface area contributed by atoms with Crippen molar-refractivity contribution < 1.29 is 4.74 Å². The Morgan fingerprint density at radius 3 is 3.14 bits per heavy atom. The molecule has 0 bridgehead atoms. The molecule has 14 heavy (non-hydrogen) atoms. The summed E-state index contributed by atoms with van der Waals surface area (Å²) in [5.41, 5.74) is 7.03. The summed E-state index contributed by atoms with van der Waals surface area (Å²) in [6.45, 7) is 2.79. The molecule has 1 aromatic heterocycles. The number of aromatic amines is 1. The van der Waals surface area contributed by atoms with Crippen LogP contribution < -0.4 is 11.3 Å². The molecule has 2 rings (SSSR count). The molecule has 0 fully saturated rings. The van der Waals surface area contributed by atoms with Crippen LogP contribution in [0.5, 0.6) is 0 Å². The van der Waals surface area contributed by atoms with Crippen LogP contribution in [0.15, 0.2) is 4.79 Å². The van der Waals surface area contributed by atoms with Gasteiger partial charge in [-0.25, -0.2) is 4.98 Å². The molecule has 1 aromatic rings. The van der Waals surface area contributed by atoms with Crippen LogP contribution in [0.2, 0.25) is 0 Å². The summed E-state index contributed by atoms with van der Waals surface area (Å²) in [7, 11) is 0. The highest BCUT2D eigenvalue weighted by molar-refractivity contribution is 5.19. The Kier molecular flexibility index (Phi) is 2.35. The maximum atomic E-state index is 11.6. The monoisotopic (exact) mass is 195 g/mol. The number of nitrogens with two attached hydrogens (primary N) is 1. The summed E-state index contributed by atoms with van der Waals surface area (Å²) in [6, 6.07) is -0.255. The molecule has 0 aliphatic carbocycles. The van der Waals surface area contributed by atoms with Crippen molar-refractivity contribution in [3.05, 3.63) is 27.4 Å². The second-order valence-electron chi connectivity index (χ2n) is 3.47. The van der Waals surface area contributed by atoms with Crippen LogP contribution in [-0.4, -0.2) is 16.6 Å². The average Bonchev–Trinajstić information content (AvgIpc) is 2.17. The van der Waals surface area contributed by atoms with Crippen molar-refractivity contribution in [1.82, 2.24) is 9.97 Å². The third-order valence-electron chi connectivity index (χ3n) is 2.29. The first-order valence-electron chi connectivity index (χ1n) is 4.64. The van der Waals surface area contributed by atoms with Gasteiger partial charge in [0.1, 0.15) is 5.82 Å². The van der Waals surface area contributed by atoms with Crippen molar-refractivity contribution in [2.45, 2.75) is 26.0 Å².